The minimum Gasteiger partial charge on any atom is -0.490 e. The Bertz CT molecular complexity index is 386. The maximum atomic E-state index is 13.6. The summed E-state index contributed by atoms with van der Waals surface area (Å²) in [6, 6.07) is 2.91. The van der Waals surface area contributed by atoms with Gasteiger partial charge in [-0.05, 0) is 27.2 Å². The monoisotopic (exact) mass is 240 g/mol. The number of rotatable bonds is 4. The van der Waals surface area contributed by atoms with E-state index >= 15 is 0 Å². The summed E-state index contributed by atoms with van der Waals surface area (Å²) in [6.45, 7) is 8.52. The molecule has 17 heavy (non-hydrogen) atoms. The van der Waals surface area contributed by atoms with E-state index in [4.69, 9.17) is 10.5 Å². The van der Waals surface area contributed by atoms with E-state index < -0.39 is 5.82 Å². The number of hydrogen-bond donors (Lipinski definition) is 2. The molecular formula is C13H21FN2O. The first-order valence-electron chi connectivity index (χ1n) is 5.83. The third kappa shape index (κ3) is 4.13. The van der Waals surface area contributed by atoms with Crippen molar-refractivity contribution in [2.24, 2.45) is 0 Å². The number of nitrogen functional groups attached to an aromatic ring is 1. The van der Waals surface area contributed by atoms with Crippen LogP contribution in [0.2, 0.25) is 0 Å². The van der Waals surface area contributed by atoms with Gasteiger partial charge in [0.2, 0.25) is 0 Å². The van der Waals surface area contributed by atoms with Crippen molar-refractivity contribution in [1.29, 1.82) is 0 Å². The second-order valence-electron chi connectivity index (χ2n) is 5.09. The van der Waals surface area contributed by atoms with Gasteiger partial charge in [-0.15, -0.1) is 0 Å². The van der Waals surface area contributed by atoms with E-state index in [0.29, 0.717) is 18.0 Å². The molecule has 0 amide bonds. The van der Waals surface area contributed by atoms with Crippen LogP contribution in [0, 0.1) is 5.82 Å². The van der Waals surface area contributed by atoms with Gasteiger partial charge in [-0.25, -0.2) is 4.39 Å². The smallest absolute Gasteiger partial charge is 0.167 e. The molecule has 96 valence electrons. The molecule has 0 radical (unpaired) electrons. The number of benzene rings is 1. The second kappa shape index (κ2) is 5.25. The zero-order valence-corrected chi connectivity index (χ0v) is 10.9. The van der Waals surface area contributed by atoms with Crippen LogP contribution in [0.3, 0.4) is 0 Å². The molecule has 0 heterocycles. The Balaban J connectivity index is 2.97. The highest BCUT2D eigenvalue weighted by molar-refractivity contribution is 5.69. The van der Waals surface area contributed by atoms with Crippen LogP contribution in [0.15, 0.2) is 12.1 Å². The topological polar surface area (TPSA) is 47.3 Å². The lowest BCUT2D eigenvalue weighted by molar-refractivity contribution is 0.301. The molecule has 0 saturated carbocycles. The van der Waals surface area contributed by atoms with Gasteiger partial charge in [0.1, 0.15) is 0 Å². The Morgan fingerprint density at radius 2 is 2.00 bits per heavy atom. The van der Waals surface area contributed by atoms with Crippen LogP contribution >= 0.6 is 0 Å². The highest BCUT2D eigenvalue weighted by Crippen LogP contribution is 2.30. The fourth-order valence-corrected chi connectivity index (χ4v) is 1.40. The average molecular weight is 240 g/mol. The van der Waals surface area contributed by atoms with E-state index in [9.17, 15) is 4.39 Å². The van der Waals surface area contributed by atoms with Gasteiger partial charge < -0.3 is 15.8 Å². The highest BCUT2D eigenvalue weighted by Gasteiger charge is 2.14. The van der Waals surface area contributed by atoms with E-state index in [0.717, 1.165) is 6.42 Å². The molecule has 0 fully saturated rings. The predicted octanol–water partition coefficient (Wildman–Crippen LogP) is 3.41. The number of ether oxygens (including phenoxy) is 1. The Morgan fingerprint density at radius 1 is 1.35 bits per heavy atom. The summed E-state index contributed by atoms with van der Waals surface area (Å²) in [5.74, 6) is -0.178. The van der Waals surface area contributed by atoms with Gasteiger partial charge in [0.15, 0.2) is 11.6 Å². The van der Waals surface area contributed by atoms with Gasteiger partial charge in [0, 0.05) is 17.7 Å². The molecule has 0 aliphatic carbocycles. The van der Waals surface area contributed by atoms with Crippen LogP contribution in [0.25, 0.3) is 0 Å². The molecule has 3 N–H and O–H groups in total. The minimum absolute atomic E-state index is 0.131. The van der Waals surface area contributed by atoms with Gasteiger partial charge in [-0.2, -0.15) is 0 Å². The Hall–Kier alpha value is -1.45. The van der Waals surface area contributed by atoms with Gasteiger partial charge >= 0.3 is 0 Å². The van der Waals surface area contributed by atoms with Crippen LogP contribution in [0.4, 0.5) is 15.8 Å². The lowest BCUT2D eigenvalue weighted by Crippen LogP contribution is -2.26. The minimum atomic E-state index is -0.421. The third-order valence-electron chi connectivity index (χ3n) is 2.08. The summed E-state index contributed by atoms with van der Waals surface area (Å²) in [5, 5.41) is 3.22. The first-order chi connectivity index (χ1) is 7.83. The molecule has 3 nitrogen and oxygen atoms in total. The van der Waals surface area contributed by atoms with Crippen molar-refractivity contribution >= 4 is 11.4 Å². The van der Waals surface area contributed by atoms with E-state index in [-0.39, 0.29) is 11.3 Å². The van der Waals surface area contributed by atoms with Crippen molar-refractivity contribution in [1.82, 2.24) is 0 Å². The summed E-state index contributed by atoms with van der Waals surface area (Å²) < 4.78 is 18.9. The Kier molecular flexibility index (Phi) is 4.21. The maximum Gasteiger partial charge on any atom is 0.167 e. The molecule has 0 bridgehead atoms. The highest BCUT2D eigenvalue weighted by atomic mass is 19.1. The van der Waals surface area contributed by atoms with Crippen LogP contribution in [0.1, 0.15) is 34.1 Å². The van der Waals surface area contributed by atoms with Crippen molar-refractivity contribution in [3.63, 3.8) is 0 Å². The molecule has 0 aliphatic heterocycles. The summed E-state index contributed by atoms with van der Waals surface area (Å²) >= 11 is 0. The molecule has 0 aliphatic rings. The van der Waals surface area contributed by atoms with Gasteiger partial charge in [0.25, 0.3) is 0 Å². The average Bonchev–Trinajstić information content (AvgIpc) is 2.18. The second-order valence-corrected chi connectivity index (χ2v) is 5.09. The van der Waals surface area contributed by atoms with E-state index in [1.165, 1.54) is 6.07 Å². The van der Waals surface area contributed by atoms with Gasteiger partial charge in [0.05, 0.1) is 18.0 Å². The van der Waals surface area contributed by atoms with Crippen LogP contribution in [0.5, 0.6) is 5.75 Å². The maximum absolute atomic E-state index is 13.6. The quantitative estimate of drug-likeness (QED) is 0.793. The first kappa shape index (κ1) is 13.6. The van der Waals surface area contributed by atoms with E-state index in [2.05, 4.69) is 5.32 Å². The lowest BCUT2D eigenvalue weighted by Gasteiger charge is -2.24. The Morgan fingerprint density at radius 3 is 2.53 bits per heavy atom. The Labute approximate surface area is 102 Å². The standard InChI is InChI=1S/C13H21FN2O/c1-5-6-17-12-8-11(16-13(2,3)4)10(15)7-9(12)14/h7-8,16H,5-6,15H2,1-4H3. The van der Waals surface area contributed by atoms with Crippen LogP contribution in [-0.2, 0) is 0 Å². The van der Waals surface area contributed by atoms with E-state index in [1.807, 2.05) is 27.7 Å². The lowest BCUT2D eigenvalue weighted by atomic mass is 10.1. The fourth-order valence-electron chi connectivity index (χ4n) is 1.40. The molecule has 0 atom stereocenters. The van der Waals surface area contributed by atoms with Crippen molar-refractivity contribution in [3.05, 3.63) is 17.9 Å². The molecule has 1 rings (SSSR count). The zero-order valence-electron chi connectivity index (χ0n) is 10.9. The van der Waals surface area contributed by atoms with Crippen LogP contribution in [-0.4, -0.2) is 12.1 Å². The fraction of sp³-hybridized carbons (Fsp3) is 0.538. The summed E-state index contributed by atoms with van der Waals surface area (Å²) in [4.78, 5) is 0. The van der Waals surface area contributed by atoms with Gasteiger partial charge in [-0.1, -0.05) is 6.92 Å². The summed E-state index contributed by atoms with van der Waals surface area (Å²) in [7, 11) is 0. The van der Waals surface area contributed by atoms with Crippen LogP contribution < -0.4 is 15.8 Å². The number of anilines is 2. The SMILES string of the molecule is CCCOc1cc(NC(C)(C)C)c(N)cc1F. The zero-order chi connectivity index (χ0) is 13.1. The van der Waals surface area contributed by atoms with Crippen molar-refractivity contribution < 1.29 is 9.13 Å². The van der Waals surface area contributed by atoms with Crippen molar-refractivity contribution in [2.75, 3.05) is 17.7 Å². The number of nitrogens with two attached hydrogens (primary N) is 1. The first-order valence-corrected chi connectivity index (χ1v) is 5.83. The molecule has 1 aromatic rings. The third-order valence-corrected chi connectivity index (χ3v) is 2.08. The molecule has 0 aromatic heterocycles. The molecule has 0 unspecified atom stereocenters. The van der Waals surface area contributed by atoms with Crippen molar-refractivity contribution in [2.45, 2.75) is 39.7 Å². The largest absolute Gasteiger partial charge is 0.490 e. The molecule has 4 heteroatoms. The van der Waals surface area contributed by atoms with E-state index in [1.54, 1.807) is 6.07 Å². The molecular weight excluding hydrogens is 219 g/mol. The number of nitrogens with one attached hydrogen (secondary N) is 1. The summed E-state index contributed by atoms with van der Waals surface area (Å²) in [5.41, 5.74) is 6.73. The number of halogens is 1. The predicted molar refractivity (Wildman–Crippen MR) is 70.0 cm³/mol. The molecule has 0 saturated heterocycles. The number of hydrogen-bond acceptors (Lipinski definition) is 3. The van der Waals surface area contributed by atoms with Gasteiger partial charge in [-0.3, -0.25) is 0 Å². The molecule has 0 spiro atoms. The normalized spacial score (nSPS) is 11.4. The molecule has 1 aromatic carbocycles. The van der Waals surface area contributed by atoms with Crippen molar-refractivity contribution in [3.8, 4) is 5.75 Å². The summed E-state index contributed by atoms with van der Waals surface area (Å²) in [6.07, 6.45) is 0.839.